The predicted octanol–water partition coefficient (Wildman–Crippen LogP) is 4.70. The Morgan fingerprint density at radius 1 is 1.16 bits per heavy atom. The summed E-state index contributed by atoms with van der Waals surface area (Å²) in [6.45, 7) is 6.42. The second-order valence-corrected chi connectivity index (χ2v) is 9.01. The zero-order valence-corrected chi connectivity index (χ0v) is 15.5. The number of rotatable bonds is 1. The van der Waals surface area contributed by atoms with Gasteiger partial charge in [-0.3, -0.25) is 4.79 Å². The van der Waals surface area contributed by atoms with Gasteiger partial charge in [0.05, 0.1) is 0 Å². The van der Waals surface area contributed by atoms with E-state index in [-0.39, 0.29) is 16.6 Å². The van der Waals surface area contributed by atoms with Crippen molar-refractivity contribution in [2.45, 2.75) is 59.3 Å². The number of hydrogen-bond acceptors (Lipinski definition) is 2. The quantitative estimate of drug-likeness (QED) is 0.704. The molecular weight excluding hydrogens is 312 g/mol. The summed E-state index contributed by atoms with van der Waals surface area (Å²) in [5, 5.41) is 9.49. The van der Waals surface area contributed by atoms with Crippen molar-refractivity contribution in [3.8, 4) is 0 Å². The van der Waals surface area contributed by atoms with E-state index in [9.17, 15) is 14.7 Å². The van der Waals surface area contributed by atoms with E-state index in [1.165, 1.54) is 11.1 Å². The molecule has 0 spiro atoms. The molecule has 0 saturated heterocycles. The van der Waals surface area contributed by atoms with Gasteiger partial charge in [-0.1, -0.05) is 31.1 Å². The Morgan fingerprint density at radius 3 is 2.64 bits per heavy atom. The van der Waals surface area contributed by atoms with Crippen LogP contribution in [0.2, 0.25) is 0 Å². The van der Waals surface area contributed by atoms with Crippen LogP contribution in [0.3, 0.4) is 0 Å². The van der Waals surface area contributed by atoms with Gasteiger partial charge in [0.2, 0.25) is 0 Å². The second kappa shape index (κ2) is 5.43. The van der Waals surface area contributed by atoms with Crippen molar-refractivity contribution < 1.29 is 14.7 Å². The van der Waals surface area contributed by atoms with Crippen molar-refractivity contribution in [3.63, 3.8) is 0 Å². The normalized spacial score (nSPS) is 44.5. The molecule has 0 amide bonds. The molecule has 5 atom stereocenters. The summed E-state index contributed by atoms with van der Waals surface area (Å²) < 4.78 is 0. The molecule has 3 nitrogen and oxygen atoms in total. The predicted molar refractivity (Wildman–Crippen MR) is 97.0 cm³/mol. The molecule has 134 valence electrons. The smallest absolute Gasteiger partial charge is 0.331 e. The number of aliphatic carboxylic acids is 1. The van der Waals surface area contributed by atoms with Crippen molar-refractivity contribution in [2.75, 3.05) is 0 Å². The molecule has 0 aromatic carbocycles. The molecule has 4 aliphatic carbocycles. The van der Waals surface area contributed by atoms with Crippen molar-refractivity contribution in [2.24, 2.45) is 28.6 Å². The molecular formula is C22H28O3. The van der Waals surface area contributed by atoms with Gasteiger partial charge in [0.25, 0.3) is 0 Å². The minimum atomic E-state index is -0.756. The SMILES string of the molecule is CC(C(=O)O)=C1CC[C@H]2[C@@H]3CCC4=CC(=O)C=C[C@]4(C)[C@H]3CC[C@]12C. The molecule has 4 rings (SSSR count). The number of carboxylic acids is 1. The van der Waals surface area contributed by atoms with Gasteiger partial charge in [0, 0.05) is 11.0 Å². The average molecular weight is 340 g/mol. The number of carbonyl (C=O) groups is 2. The number of hydrogen-bond donors (Lipinski definition) is 1. The molecule has 25 heavy (non-hydrogen) atoms. The summed E-state index contributed by atoms with van der Waals surface area (Å²) in [6.07, 6.45) is 12.2. The van der Waals surface area contributed by atoms with Crippen molar-refractivity contribution in [1.82, 2.24) is 0 Å². The van der Waals surface area contributed by atoms with Crippen LogP contribution in [0, 0.1) is 28.6 Å². The van der Waals surface area contributed by atoms with Gasteiger partial charge in [-0.15, -0.1) is 0 Å². The minimum Gasteiger partial charge on any atom is -0.478 e. The lowest BCUT2D eigenvalue weighted by Gasteiger charge is -2.56. The lowest BCUT2D eigenvalue weighted by molar-refractivity contribution is -0.132. The summed E-state index contributed by atoms with van der Waals surface area (Å²) in [7, 11) is 0. The van der Waals surface area contributed by atoms with E-state index in [1.54, 1.807) is 13.0 Å². The first-order valence-corrected chi connectivity index (χ1v) is 9.65. The van der Waals surface area contributed by atoms with Gasteiger partial charge in [-0.25, -0.2) is 4.79 Å². The standard InChI is InChI=1S/C22H28O3/c1-13(20(24)25)17-6-7-18-16-5-4-14-12-15(23)8-10-21(14,2)19(16)9-11-22(17,18)3/h8,10,12,16,18-19H,4-7,9,11H2,1-3H3,(H,24,25)/t16-,18-,19-,21-,22+/m0/s1. The lowest BCUT2D eigenvalue weighted by atomic mass is 9.48. The molecule has 0 unspecified atom stereocenters. The molecule has 0 aliphatic heterocycles. The molecule has 0 radical (unpaired) electrons. The van der Waals surface area contributed by atoms with E-state index < -0.39 is 5.97 Å². The van der Waals surface area contributed by atoms with Crippen LogP contribution in [0.5, 0.6) is 0 Å². The highest BCUT2D eigenvalue weighted by molar-refractivity contribution is 6.01. The van der Waals surface area contributed by atoms with Gasteiger partial charge in [0.15, 0.2) is 5.78 Å². The highest BCUT2D eigenvalue weighted by Crippen LogP contribution is 2.66. The van der Waals surface area contributed by atoms with Crippen molar-refractivity contribution >= 4 is 11.8 Å². The Kier molecular flexibility index (Phi) is 3.65. The van der Waals surface area contributed by atoms with E-state index in [4.69, 9.17) is 0 Å². The highest BCUT2D eigenvalue weighted by atomic mass is 16.4. The first kappa shape index (κ1) is 16.8. The van der Waals surface area contributed by atoms with Gasteiger partial charge < -0.3 is 5.11 Å². The van der Waals surface area contributed by atoms with Gasteiger partial charge in [-0.05, 0) is 80.8 Å². The Bertz CT molecular complexity index is 740. The average Bonchev–Trinajstić information content (AvgIpc) is 2.92. The van der Waals surface area contributed by atoms with Crippen LogP contribution in [0.4, 0.5) is 0 Å². The van der Waals surface area contributed by atoms with Crippen LogP contribution in [-0.4, -0.2) is 16.9 Å². The molecule has 4 aliphatic rings. The third-order valence-corrected chi connectivity index (χ3v) is 8.11. The molecule has 3 fully saturated rings. The number of allylic oxidation sites excluding steroid dienone is 5. The fraction of sp³-hybridized carbons (Fsp3) is 0.636. The number of fused-ring (bicyclic) bond motifs is 5. The van der Waals surface area contributed by atoms with E-state index in [0.29, 0.717) is 23.3 Å². The largest absolute Gasteiger partial charge is 0.478 e. The molecule has 1 N–H and O–H groups in total. The zero-order chi connectivity index (χ0) is 18.0. The van der Waals surface area contributed by atoms with E-state index in [2.05, 4.69) is 19.9 Å². The maximum absolute atomic E-state index is 11.8. The number of carboxylic acid groups (broad SMARTS) is 1. The molecule has 3 heteroatoms. The number of ketones is 1. The molecule has 0 heterocycles. The topological polar surface area (TPSA) is 54.4 Å². The van der Waals surface area contributed by atoms with E-state index >= 15 is 0 Å². The van der Waals surface area contributed by atoms with Crippen LogP contribution in [0.25, 0.3) is 0 Å². The summed E-state index contributed by atoms with van der Waals surface area (Å²) in [6, 6.07) is 0. The Labute approximate surface area is 149 Å². The molecule has 0 aromatic heterocycles. The van der Waals surface area contributed by atoms with Crippen LogP contribution in [0.1, 0.15) is 59.3 Å². The lowest BCUT2D eigenvalue weighted by Crippen LogP contribution is -2.48. The van der Waals surface area contributed by atoms with Crippen LogP contribution in [0.15, 0.2) is 34.9 Å². The second-order valence-electron chi connectivity index (χ2n) is 9.01. The van der Waals surface area contributed by atoms with Crippen LogP contribution >= 0.6 is 0 Å². The summed E-state index contributed by atoms with van der Waals surface area (Å²) in [4.78, 5) is 23.4. The fourth-order valence-electron chi connectivity index (χ4n) is 6.76. The van der Waals surface area contributed by atoms with Crippen molar-refractivity contribution in [1.29, 1.82) is 0 Å². The maximum atomic E-state index is 11.8. The minimum absolute atomic E-state index is 0.0203. The Balaban J connectivity index is 1.71. The number of carbonyl (C=O) groups excluding carboxylic acids is 1. The Morgan fingerprint density at radius 2 is 1.92 bits per heavy atom. The van der Waals surface area contributed by atoms with Crippen molar-refractivity contribution in [3.05, 3.63) is 34.9 Å². The van der Waals surface area contributed by atoms with Gasteiger partial charge in [-0.2, -0.15) is 0 Å². The van der Waals surface area contributed by atoms with Gasteiger partial charge in [0.1, 0.15) is 0 Å². The first-order valence-electron chi connectivity index (χ1n) is 9.65. The van der Waals surface area contributed by atoms with Gasteiger partial charge >= 0.3 is 5.97 Å². The zero-order valence-electron chi connectivity index (χ0n) is 15.5. The fourth-order valence-corrected chi connectivity index (χ4v) is 6.76. The summed E-state index contributed by atoms with van der Waals surface area (Å²) in [5.41, 5.74) is 3.17. The summed E-state index contributed by atoms with van der Waals surface area (Å²) in [5.74, 6) is 1.18. The molecule has 0 aromatic rings. The third kappa shape index (κ3) is 2.24. The monoisotopic (exact) mass is 340 g/mol. The molecule has 3 saturated carbocycles. The Hall–Kier alpha value is -1.64. The van der Waals surface area contributed by atoms with Crippen LogP contribution in [-0.2, 0) is 9.59 Å². The summed E-state index contributed by atoms with van der Waals surface area (Å²) >= 11 is 0. The van der Waals surface area contributed by atoms with Crippen LogP contribution < -0.4 is 0 Å². The molecule has 0 bridgehead atoms. The first-order chi connectivity index (χ1) is 11.8. The van der Waals surface area contributed by atoms with E-state index in [0.717, 1.165) is 38.5 Å². The third-order valence-electron chi connectivity index (χ3n) is 8.11. The maximum Gasteiger partial charge on any atom is 0.331 e. The van der Waals surface area contributed by atoms with E-state index in [1.807, 2.05) is 6.08 Å². The highest BCUT2D eigenvalue weighted by Gasteiger charge is 2.57.